The third kappa shape index (κ3) is 3.17. The molecule has 98 valence electrons. The fraction of sp³-hybridized carbons (Fsp3) is 0.364. The van der Waals surface area contributed by atoms with Crippen molar-refractivity contribution in [1.29, 1.82) is 0 Å². The van der Waals surface area contributed by atoms with Gasteiger partial charge in [-0.15, -0.1) is 0 Å². The minimum atomic E-state index is -1.46. The second-order valence-electron chi connectivity index (χ2n) is 3.92. The van der Waals surface area contributed by atoms with Gasteiger partial charge in [0.15, 0.2) is 11.5 Å². The molecule has 0 radical (unpaired) electrons. The minimum absolute atomic E-state index is 0.201. The Morgan fingerprint density at radius 1 is 1.44 bits per heavy atom. The molecule has 0 saturated heterocycles. The van der Waals surface area contributed by atoms with E-state index < -0.39 is 29.5 Å². The van der Waals surface area contributed by atoms with Crippen molar-refractivity contribution in [3.63, 3.8) is 0 Å². The number of carbonyl (C=O) groups is 2. The number of H-pyrrole nitrogens is 1. The molecule has 0 fully saturated rings. The Balaban J connectivity index is 2.94. The molecule has 1 heterocycles. The van der Waals surface area contributed by atoms with Crippen molar-refractivity contribution >= 4 is 11.9 Å². The highest BCUT2D eigenvalue weighted by atomic mass is 16.4. The average Bonchev–Trinajstić information content (AvgIpc) is 2.24. The molecule has 1 aromatic rings. The number of hydrogen-bond donors (Lipinski definition) is 4. The highest BCUT2D eigenvalue weighted by molar-refractivity contribution is 5.96. The number of carbonyl (C=O) groups excluding carboxylic acids is 1. The topological polar surface area (TPSA) is 119 Å². The molecule has 7 heteroatoms. The van der Waals surface area contributed by atoms with Crippen LogP contribution in [-0.2, 0) is 4.79 Å². The van der Waals surface area contributed by atoms with Crippen LogP contribution in [0.3, 0.4) is 0 Å². The molecule has 0 bridgehead atoms. The van der Waals surface area contributed by atoms with Crippen LogP contribution in [0.1, 0.15) is 23.0 Å². The summed E-state index contributed by atoms with van der Waals surface area (Å²) in [6.07, 6.45) is -0.0653. The molecule has 2 unspecified atom stereocenters. The molecule has 0 saturated carbocycles. The summed E-state index contributed by atoms with van der Waals surface area (Å²) >= 11 is 0. The number of aliphatic carboxylic acids is 1. The van der Waals surface area contributed by atoms with E-state index in [1.165, 1.54) is 19.2 Å². The van der Waals surface area contributed by atoms with Crippen LogP contribution in [0.15, 0.2) is 17.1 Å². The van der Waals surface area contributed by atoms with Crippen LogP contribution in [0.2, 0.25) is 0 Å². The van der Waals surface area contributed by atoms with Gasteiger partial charge in [-0.25, -0.2) is 4.79 Å². The predicted octanol–water partition coefficient (Wildman–Crippen LogP) is -0.753. The minimum Gasteiger partial charge on any atom is -0.480 e. The largest absolute Gasteiger partial charge is 0.480 e. The van der Waals surface area contributed by atoms with Gasteiger partial charge in [-0.1, -0.05) is 0 Å². The monoisotopic (exact) mass is 254 g/mol. The van der Waals surface area contributed by atoms with Crippen LogP contribution in [0.4, 0.5) is 0 Å². The lowest BCUT2D eigenvalue weighted by molar-refractivity contribution is -0.141. The molecule has 4 N–H and O–H groups in total. The van der Waals surface area contributed by atoms with Gasteiger partial charge in [-0.2, -0.15) is 0 Å². The number of nitrogens with one attached hydrogen (secondary N) is 2. The van der Waals surface area contributed by atoms with E-state index >= 15 is 0 Å². The van der Waals surface area contributed by atoms with Crippen molar-refractivity contribution in [3.8, 4) is 0 Å². The Labute approximate surface area is 102 Å². The average molecular weight is 254 g/mol. The van der Waals surface area contributed by atoms with Crippen LogP contribution >= 0.6 is 0 Å². The van der Waals surface area contributed by atoms with E-state index in [-0.39, 0.29) is 5.56 Å². The lowest BCUT2D eigenvalue weighted by atomic mass is 10.1. The Hall–Kier alpha value is -2.15. The number of rotatable bonds is 4. The first-order chi connectivity index (χ1) is 8.32. The normalized spacial score (nSPS) is 13.7. The van der Waals surface area contributed by atoms with E-state index in [4.69, 9.17) is 5.11 Å². The number of amides is 1. The Morgan fingerprint density at radius 2 is 2.06 bits per heavy atom. The molecule has 0 aliphatic rings. The molecule has 0 aliphatic heterocycles. The summed E-state index contributed by atoms with van der Waals surface area (Å²) in [5.41, 5.74) is -0.132. The Bertz CT molecular complexity index is 520. The highest BCUT2D eigenvalue weighted by Crippen LogP contribution is 1.97. The molecule has 0 aliphatic carbocycles. The lowest BCUT2D eigenvalue weighted by Gasteiger charge is -2.16. The van der Waals surface area contributed by atoms with Gasteiger partial charge in [0.05, 0.1) is 6.10 Å². The van der Waals surface area contributed by atoms with E-state index in [1.54, 1.807) is 6.92 Å². The molecule has 2 atom stereocenters. The molecule has 1 rings (SSSR count). The highest BCUT2D eigenvalue weighted by Gasteiger charge is 2.26. The number of aromatic nitrogens is 1. The molecule has 0 spiro atoms. The van der Waals surface area contributed by atoms with E-state index in [9.17, 15) is 19.5 Å². The lowest BCUT2D eigenvalue weighted by Crippen LogP contribution is -2.48. The Morgan fingerprint density at radius 3 is 2.50 bits per heavy atom. The number of hydrogen-bond acceptors (Lipinski definition) is 4. The van der Waals surface area contributed by atoms with Crippen LogP contribution in [0.25, 0.3) is 0 Å². The zero-order valence-corrected chi connectivity index (χ0v) is 9.93. The summed E-state index contributed by atoms with van der Waals surface area (Å²) in [5.74, 6) is -2.22. The van der Waals surface area contributed by atoms with Gasteiger partial charge in [0.2, 0.25) is 0 Å². The number of aliphatic hydroxyl groups excluding tert-OH is 1. The summed E-state index contributed by atoms with van der Waals surface area (Å²) in [4.78, 5) is 36.7. The van der Waals surface area contributed by atoms with Gasteiger partial charge in [-0.3, -0.25) is 9.59 Å². The zero-order chi connectivity index (χ0) is 13.9. The first-order valence-corrected chi connectivity index (χ1v) is 5.24. The van der Waals surface area contributed by atoms with Crippen molar-refractivity contribution < 1.29 is 19.8 Å². The van der Waals surface area contributed by atoms with Crippen molar-refractivity contribution in [1.82, 2.24) is 10.3 Å². The van der Waals surface area contributed by atoms with Crippen molar-refractivity contribution in [2.45, 2.75) is 26.0 Å². The third-order valence-corrected chi connectivity index (χ3v) is 2.34. The van der Waals surface area contributed by atoms with Gasteiger partial charge in [0.25, 0.3) is 5.91 Å². The predicted molar refractivity (Wildman–Crippen MR) is 62.4 cm³/mol. The van der Waals surface area contributed by atoms with Crippen molar-refractivity contribution in [3.05, 3.63) is 33.7 Å². The molecule has 7 nitrogen and oxygen atoms in total. The molecule has 1 amide bonds. The summed E-state index contributed by atoms with van der Waals surface area (Å²) in [6.45, 7) is 2.89. The third-order valence-electron chi connectivity index (χ3n) is 2.34. The maximum absolute atomic E-state index is 11.7. The van der Waals surface area contributed by atoms with Crippen LogP contribution < -0.4 is 10.7 Å². The fourth-order valence-electron chi connectivity index (χ4n) is 1.36. The first-order valence-electron chi connectivity index (χ1n) is 5.24. The van der Waals surface area contributed by atoms with E-state index in [1.807, 2.05) is 0 Å². The maximum atomic E-state index is 11.7. The van der Waals surface area contributed by atoms with Crippen LogP contribution in [0.5, 0.6) is 0 Å². The summed E-state index contributed by atoms with van der Waals surface area (Å²) in [6, 6.07) is -0.231. The summed E-state index contributed by atoms with van der Waals surface area (Å²) < 4.78 is 0. The number of aliphatic hydroxyl groups is 1. The summed E-state index contributed by atoms with van der Waals surface area (Å²) in [7, 11) is 0. The standard InChI is InChI=1S/C11H14N2O5/c1-5-3-8(15)7(4-12-5)10(16)13-9(6(2)14)11(17)18/h3-4,6,9,14H,1-2H3,(H,12,15)(H,13,16)(H,17,18). The number of carboxylic acids is 1. The number of carboxylic acid groups (broad SMARTS) is 1. The van der Waals surface area contributed by atoms with Gasteiger partial charge in [0, 0.05) is 18.0 Å². The zero-order valence-electron chi connectivity index (χ0n) is 9.93. The Kier molecular flexibility index (Phi) is 4.22. The molecular weight excluding hydrogens is 240 g/mol. The van der Waals surface area contributed by atoms with E-state index in [2.05, 4.69) is 10.3 Å². The van der Waals surface area contributed by atoms with Crippen molar-refractivity contribution in [2.75, 3.05) is 0 Å². The van der Waals surface area contributed by atoms with E-state index in [0.29, 0.717) is 5.69 Å². The second kappa shape index (κ2) is 5.46. The number of aromatic amines is 1. The summed E-state index contributed by atoms with van der Waals surface area (Å²) in [5, 5.41) is 20.1. The first kappa shape index (κ1) is 13.9. The van der Waals surface area contributed by atoms with Crippen LogP contribution in [-0.4, -0.2) is 39.2 Å². The smallest absolute Gasteiger partial charge is 0.328 e. The van der Waals surface area contributed by atoms with Crippen molar-refractivity contribution in [2.24, 2.45) is 0 Å². The molecule has 1 aromatic heterocycles. The SMILES string of the molecule is Cc1cc(=O)c(C(=O)NC(C(=O)O)C(C)O)c[nH]1. The van der Waals surface area contributed by atoms with Gasteiger partial charge < -0.3 is 20.5 Å². The number of aryl methyl sites for hydroxylation is 1. The van der Waals surface area contributed by atoms with E-state index in [0.717, 1.165) is 0 Å². The van der Waals surface area contributed by atoms with Gasteiger partial charge in [-0.05, 0) is 13.8 Å². The fourth-order valence-corrected chi connectivity index (χ4v) is 1.36. The molecule has 18 heavy (non-hydrogen) atoms. The second-order valence-corrected chi connectivity index (χ2v) is 3.92. The maximum Gasteiger partial charge on any atom is 0.328 e. The van der Waals surface area contributed by atoms with Gasteiger partial charge in [0.1, 0.15) is 5.56 Å². The van der Waals surface area contributed by atoms with Gasteiger partial charge >= 0.3 is 5.97 Å². The quantitative estimate of drug-likeness (QED) is 0.563. The van der Waals surface area contributed by atoms with Crippen LogP contribution in [0, 0.1) is 6.92 Å². The molecule has 0 aromatic carbocycles. The molecular formula is C11H14N2O5. The number of pyridine rings is 1.